The Hall–Kier alpha value is -1.73. The van der Waals surface area contributed by atoms with E-state index in [9.17, 15) is 13.2 Å². The lowest BCUT2D eigenvalue weighted by atomic mass is 10.2. The number of rotatable bonds is 0. The molecule has 0 aliphatic heterocycles. The number of hydrogen-bond acceptors (Lipinski definition) is 4. The number of aromatic nitrogens is 2. The van der Waals surface area contributed by atoms with Crippen molar-refractivity contribution in [3.8, 4) is 0 Å². The summed E-state index contributed by atoms with van der Waals surface area (Å²) in [4.78, 5) is 17.6. The van der Waals surface area contributed by atoms with Gasteiger partial charge in [0.2, 0.25) is 0 Å². The van der Waals surface area contributed by atoms with Gasteiger partial charge in [0.15, 0.2) is 0 Å². The average Bonchev–Trinajstić information content (AvgIpc) is 2.16. The molecule has 2 rings (SSSR count). The Balaban J connectivity index is 0.000000221. The molecule has 0 atom stereocenters. The topological polar surface area (TPSA) is 100 Å². The largest absolute Gasteiger partial charge is 0.313 e. The number of hydrogen-bond donors (Lipinski definition) is 2. The molecule has 16 heavy (non-hydrogen) atoms. The van der Waals surface area contributed by atoms with Crippen LogP contribution in [-0.4, -0.2) is 29.2 Å². The summed E-state index contributed by atoms with van der Waals surface area (Å²) in [6.07, 6.45) is 2.12. The quantitative estimate of drug-likeness (QED) is 0.652. The lowest BCUT2D eigenvalue weighted by molar-refractivity contribution is 0.490. The van der Waals surface area contributed by atoms with Gasteiger partial charge < -0.3 is 4.98 Å². The van der Waals surface area contributed by atoms with E-state index in [1.807, 2.05) is 18.2 Å². The highest BCUT2D eigenvalue weighted by Crippen LogP contribution is 2.02. The van der Waals surface area contributed by atoms with Crippen molar-refractivity contribution in [2.24, 2.45) is 0 Å². The molecular formula is C9H10N2O4S. The number of H-pyrrole nitrogens is 1. The first-order valence-corrected chi connectivity index (χ1v) is 6.07. The van der Waals surface area contributed by atoms with Crippen molar-refractivity contribution in [3.05, 3.63) is 40.9 Å². The van der Waals surface area contributed by atoms with E-state index in [1.54, 1.807) is 6.07 Å². The first kappa shape index (κ1) is 12.3. The van der Waals surface area contributed by atoms with Crippen molar-refractivity contribution >= 4 is 21.0 Å². The maximum absolute atomic E-state index is 11.1. The summed E-state index contributed by atoms with van der Waals surface area (Å²) in [7, 11) is -3.67. The summed E-state index contributed by atoms with van der Waals surface area (Å²) < 4.78 is 25.9. The molecule has 1 aromatic heterocycles. The van der Waals surface area contributed by atoms with Gasteiger partial charge in [0.1, 0.15) is 0 Å². The Morgan fingerprint density at radius 2 is 1.88 bits per heavy atom. The predicted octanol–water partition coefficient (Wildman–Crippen LogP) is 0.427. The van der Waals surface area contributed by atoms with Crippen molar-refractivity contribution in [3.63, 3.8) is 0 Å². The van der Waals surface area contributed by atoms with Gasteiger partial charge in [-0.25, -0.2) is 4.98 Å². The molecule has 0 unspecified atom stereocenters. The number of aromatic amines is 1. The van der Waals surface area contributed by atoms with E-state index in [0.29, 0.717) is 11.6 Å². The summed E-state index contributed by atoms with van der Waals surface area (Å²) in [5.41, 5.74) is 0.645. The summed E-state index contributed by atoms with van der Waals surface area (Å²) in [6, 6.07) is 7.24. The van der Waals surface area contributed by atoms with E-state index in [0.717, 1.165) is 5.52 Å². The van der Waals surface area contributed by atoms with Crippen LogP contribution in [0.5, 0.6) is 0 Å². The minimum atomic E-state index is -3.67. The molecule has 1 aromatic carbocycles. The Morgan fingerprint density at radius 3 is 2.44 bits per heavy atom. The van der Waals surface area contributed by atoms with Crippen molar-refractivity contribution in [1.82, 2.24) is 9.97 Å². The van der Waals surface area contributed by atoms with Crippen LogP contribution in [0.15, 0.2) is 35.4 Å². The van der Waals surface area contributed by atoms with Crippen LogP contribution in [0.1, 0.15) is 0 Å². The molecule has 7 heteroatoms. The number of para-hydroxylation sites is 1. The molecule has 0 aliphatic carbocycles. The van der Waals surface area contributed by atoms with Crippen molar-refractivity contribution in [2.45, 2.75) is 0 Å². The van der Waals surface area contributed by atoms with Crippen LogP contribution in [0, 0.1) is 0 Å². The normalized spacial score (nSPS) is 10.6. The van der Waals surface area contributed by atoms with Crippen LogP contribution < -0.4 is 5.56 Å². The second-order valence-electron chi connectivity index (χ2n) is 2.98. The summed E-state index contributed by atoms with van der Waals surface area (Å²) in [5, 5.41) is 0.634. The predicted molar refractivity (Wildman–Crippen MR) is 59.8 cm³/mol. The van der Waals surface area contributed by atoms with E-state index in [4.69, 9.17) is 4.55 Å². The van der Waals surface area contributed by atoms with Crippen LogP contribution in [0.3, 0.4) is 0 Å². The zero-order valence-corrected chi connectivity index (χ0v) is 9.23. The van der Waals surface area contributed by atoms with Crippen LogP contribution in [0.4, 0.5) is 0 Å². The summed E-state index contributed by atoms with van der Waals surface area (Å²) >= 11 is 0. The van der Waals surface area contributed by atoms with Gasteiger partial charge in [-0.1, -0.05) is 12.1 Å². The smallest absolute Gasteiger partial charge is 0.261 e. The Morgan fingerprint density at radius 1 is 1.31 bits per heavy atom. The monoisotopic (exact) mass is 242 g/mol. The third-order valence-corrected chi connectivity index (χ3v) is 1.55. The number of fused-ring (bicyclic) bond motifs is 1. The maximum Gasteiger partial charge on any atom is 0.261 e. The van der Waals surface area contributed by atoms with E-state index in [-0.39, 0.29) is 5.56 Å². The van der Waals surface area contributed by atoms with Gasteiger partial charge in [0, 0.05) is 0 Å². The Labute approximate surface area is 91.7 Å². The van der Waals surface area contributed by atoms with Crippen molar-refractivity contribution < 1.29 is 13.0 Å². The second kappa shape index (κ2) is 4.86. The van der Waals surface area contributed by atoms with Gasteiger partial charge in [-0.2, -0.15) is 8.42 Å². The summed E-state index contributed by atoms with van der Waals surface area (Å²) in [6.45, 7) is 0. The first-order valence-electron chi connectivity index (χ1n) is 4.23. The van der Waals surface area contributed by atoms with Crippen LogP contribution in [-0.2, 0) is 10.1 Å². The second-order valence-corrected chi connectivity index (χ2v) is 4.45. The zero-order valence-electron chi connectivity index (χ0n) is 8.41. The first-order chi connectivity index (χ1) is 7.38. The fraction of sp³-hybridized carbons (Fsp3) is 0.111. The standard InChI is InChI=1S/C8H6N2O.CH4O3S/c11-8-6-3-1-2-4-7(6)9-5-10-8;1-5(2,3)4/h1-5H,(H,9,10,11);1H3,(H,2,3,4). The SMILES string of the molecule is CS(=O)(=O)O.O=c1[nH]cnc2ccccc12. The average molecular weight is 242 g/mol. The molecule has 86 valence electrons. The zero-order chi connectivity index (χ0) is 12.2. The highest BCUT2D eigenvalue weighted by molar-refractivity contribution is 7.85. The number of benzene rings is 1. The van der Waals surface area contributed by atoms with E-state index in [2.05, 4.69) is 9.97 Å². The lowest BCUT2D eigenvalue weighted by Gasteiger charge is -1.91. The molecule has 0 bridgehead atoms. The third kappa shape index (κ3) is 4.20. The maximum atomic E-state index is 11.1. The van der Waals surface area contributed by atoms with Gasteiger partial charge in [-0.05, 0) is 12.1 Å². The van der Waals surface area contributed by atoms with Crippen molar-refractivity contribution in [2.75, 3.05) is 6.26 Å². The van der Waals surface area contributed by atoms with Crippen molar-refractivity contribution in [1.29, 1.82) is 0 Å². The molecule has 2 N–H and O–H groups in total. The summed E-state index contributed by atoms with van der Waals surface area (Å²) in [5.74, 6) is 0. The highest BCUT2D eigenvalue weighted by atomic mass is 32.2. The Bertz CT molecular complexity index is 620. The lowest BCUT2D eigenvalue weighted by Crippen LogP contribution is -2.05. The molecule has 0 saturated carbocycles. The molecule has 0 spiro atoms. The molecule has 0 amide bonds. The molecule has 2 aromatic rings. The fourth-order valence-electron chi connectivity index (χ4n) is 1.02. The molecule has 0 aliphatic rings. The van der Waals surface area contributed by atoms with E-state index < -0.39 is 10.1 Å². The van der Waals surface area contributed by atoms with Gasteiger partial charge in [0.05, 0.1) is 23.5 Å². The van der Waals surface area contributed by atoms with Crippen LogP contribution >= 0.6 is 0 Å². The van der Waals surface area contributed by atoms with E-state index >= 15 is 0 Å². The van der Waals surface area contributed by atoms with Gasteiger partial charge in [-0.3, -0.25) is 9.35 Å². The Kier molecular flexibility index (Phi) is 3.75. The fourth-order valence-corrected chi connectivity index (χ4v) is 1.02. The molecular weight excluding hydrogens is 232 g/mol. The molecule has 1 heterocycles. The molecule has 0 saturated heterocycles. The van der Waals surface area contributed by atoms with Gasteiger partial charge in [0.25, 0.3) is 15.7 Å². The third-order valence-electron chi connectivity index (χ3n) is 1.55. The number of nitrogens with zero attached hydrogens (tertiary/aromatic N) is 1. The van der Waals surface area contributed by atoms with Gasteiger partial charge >= 0.3 is 0 Å². The molecule has 0 radical (unpaired) electrons. The molecule has 6 nitrogen and oxygen atoms in total. The van der Waals surface area contributed by atoms with Gasteiger partial charge in [-0.15, -0.1) is 0 Å². The van der Waals surface area contributed by atoms with E-state index in [1.165, 1.54) is 6.33 Å². The minimum Gasteiger partial charge on any atom is -0.313 e. The minimum absolute atomic E-state index is 0.0874. The highest BCUT2D eigenvalue weighted by Gasteiger charge is 1.94. The molecule has 0 fully saturated rings. The number of nitrogens with one attached hydrogen (secondary N) is 1. The van der Waals surface area contributed by atoms with Crippen LogP contribution in [0.2, 0.25) is 0 Å². The van der Waals surface area contributed by atoms with Crippen LogP contribution in [0.25, 0.3) is 10.9 Å².